The summed E-state index contributed by atoms with van der Waals surface area (Å²) >= 11 is 0. The molecule has 0 heterocycles. The molecular weight excluding hydrogens is 685 g/mol. The summed E-state index contributed by atoms with van der Waals surface area (Å²) in [6.07, 6.45) is 53.1. The Morgan fingerprint density at radius 3 is 1.24 bits per heavy atom. The Bertz CT molecular complexity index is 1070. The molecule has 55 heavy (non-hydrogen) atoms. The zero-order valence-corrected chi connectivity index (χ0v) is 35.7. The van der Waals surface area contributed by atoms with Crippen LogP contribution in [0.3, 0.4) is 0 Å². The highest BCUT2D eigenvalue weighted by atomic mass is 16.6. The predicted octanol–water partition coefficient (Wildman–Crippen LogP) is 14.3. The van der Waals surface area contributed by atoms with Gasteiger partial charge in [-0.25, -0.2) is 0 Å². The average Bonchev–Trinajstić information content (AvgIpc) is 3.18. The van der Waals surface area contributed by atoms with Crippen molar-refractivity contribution in [1.29, 1.82) is 0 Å². The van der Waals surface area contributed by atoms with Crippen molar-refractivity contribution in [2.45, 2.75) is 207 Å². The molecule has 314 valence electrons. The molecule has 0 aromatic rings. The summed E-state index contributed by atoms with van der Waals surface area (Å²) in [6, 6.07) is 0. The molecule has 0 aliphatic rings. The fourth-order valence-corrected chi connectivity index (χ4v) is 5.91. The van der Waals surface area contributed by atoms with Gasteiger partial charge in [-0.3, -0.25) is 14.4 Å². The van der Waals surface area contributed by atoms with Crippen molar-refractivity contribution in [3.05, 3.63) is 72.9 Å². The fourth-order valence-electron chi connectivity index (χ4n) is 5.91. The van der Waals surface area contributed by atoms with Crippen LogP contribution in [0, 0.1) is 0 Å². The molecule has 0 radical (unpaired) electrons. The van der Waals surface area contributed by atoms with E-state index in [0.717, 1.165) is 83.5 Å². The van der Waals surface area contributed by atoms with Gasteiger partial charge in [0.1, 0.15) is 13.2 Å². The average molecular weight is 767 g/mol. The number of carbonyl (C=O) groups excluding carboxylic acids is 3. The summed E-state index contributed by atoms with van der Waals surface area (Å²) in [6.45, 7) is 6.38. The molecule has 0 N–H and O–H groups in total. The van der Waals surface area contributed by atoms with Crippen LogP contribution in [0.2, 0.25) is 0 Å². The summed E-state index contributed by atoms with van der Waals surface area (Å²) in [7, 11) is 0. The Balaban J connectivity index is 4.47. The van der Waals surface area contributed by atoms with Gasteiger partial charge in [0, 0.05) is 19.3 Å². The lowest BCUT2D eigenvalue weighted by Crippen LogP contribution is -2.30. The lowest BCUT2D eigenvalue weighted by molar-refractivity contribution is -0.167. The largest absolute Gasteiger partial charge is 0.462 e. The SMILES string of the molecule is CC\C=C/C=C\C=C/C=C\C=C/CCCCCC(=O)OCC(COC(=O)CCCCCCCCCCCCC)OC(=O)CCCCCCC/C=C\CCCC. The zero-order valence-electron chi connectivity index (χ0n) is 35.7. The van der Waals surface area contributed by atoms with Crippen LogP contribution in [-0.2, 0) is 28.6 Å². The van der Waals surface area contributed by atoms with Gasteiger partial charge in [0.05, 0.1) is 0 Å². The van der Waals surface area contributed by atoms with E-state index in [1.165, 1.54) is 77.0 Å². The molecule has 0 aliphatic carbocycles. The molecule has 0 fully saturated rings. The normalized spacial score (nSPS) is 12.7. The van der Waals surface area contributed by atoms with E-state index in [4.69, 9.17) is 14.2 Å². The lowest BCUT2D eigenvalue weighted by atomic mass is 10.1. The molecule has 0 aromatic carbocycles. The third-order valence-electron chi connectivity index (χ3n) is 9.32. The van der Waals surface area contributed by atoms with E-state index in [0.29, 0.717) is 19.3 Å². The van der Waals surface area contributed by atoms with Crippen molar-refractivity contribution in [2.75, 3.05) is 13.2 Å². The van der Waals surface area contributed by atoms with Crippen LogP contribution in [-0.4, -0.2) is 37.2 Å². The second kappa shape index (κ2) is 43.6. The van der Waals surface area contributed by atoms with Crippen molar-refractivity contribution in [2.24, 2.45) is 0 Å². The van der Waals surface area contributed by atoms with Gasteiger partial charge in [-0.2, -0.15) is 0 Å². The quantitative estimate of drug-likeness (QED) is 0.0204. The predicted molar refractivity (Wildman–Crippen MR) is 233 cm³/mol. The standard InChI is InChI=1S/C49H82O6/c1-4-7-10-13-16-19-22-23-24-25-28-30-33-36-39-42-48(51)54-45-46(55-49(52)43-40-37-34-31-27-21-18-15-12-9-6-3)44-53-47(50)41-38-35-32-29-26-20-17-14-11-8-5-2/h7,10,13,15-16,18-19,22-25,28,46H,4-6,8-9,11-12,14,17,20-21,26-27,29-45H2,1-3H3/b10-7-,16-13-,18-15-,22-19-,24-23-,28-25-. The van der Waals surface area contributed by atoms with Gasteiger partial charge < -0.3 is 14.2 Å². The molecule has 1 atom stereocenters. The van der Waals surface area contributed by atoms with E-state index in [1.54, 1.807) is 0 Å². The summed E-state index contributed by atoms with van der Waals surface area (Å²) < 4.78 is 16.6. The Morgan fingerprint density at radius 1 is 0.382 bits per heavy atom. The van der Waals surface area contributed by atoms with Crippen molar-refractivity contribution in [1.82, 2.24) is 0 Å². The Hall–Kier alpha value is -3.15. The molecule has 0 aromatic heterocycles. The highest BCUT2D eigenvalue weighted by Crippen LogP contribution is 2.14. The summed E-state index contributed by atoms with van der Waals surface area (Å²) in [5.41, 5.74) is 0. The van der Waals surface area contributed by atoms with Crippen LogP contribution in [0.5, 0.6) is 0 Å². The van der Waals surface area contributed by atoms with E-state index >= 15 is 0 Å². The molecule has 0 spiro atoms. The zero-order chi connectivity index (χ0) is 40.1. The van der Waals surface area contributed by atoms with E-state index in [9.17, 15) is 14.4 Å². The number of esters is 3. The fraction of sp³-hybridized carbons (Fsp3) is 0.694. The van der Waals surface area contributed by atoms with Gasteiger partial charge in [0.25, 0.3) is 0 Å². The number of hydrogen-bond donors (Lipinski definition) is 0. The molecule has 6 heteroatoms. The molecule has 0 aliphatic heterocycles. The molecule has 0 saturated carbocycles. The maximum absolute atomic E-state index is 12.7. The van der Waals surface area contributed by atoms with Crippen molar-refractivity contribution >= 4 is 17.9 Å². The minimum absolute atomic E-state index is 0.0920. The van der Waals surface area contributed by atoms with E-state index < -0.39 is 6.10 Å². The molecule has 0 bridgehead atoms. The number of allylic oxidation sites excluding steroid dienone is 12. The van der Waals surface area contributed by atoms with Gasteiger partial charge in [0.15, 0.2) is 6.10 Å². The van der Waals surface area contributed by atoms with Gasteiger partial charge >= 0.3 is 17.9 Å². The Morgan fingerprint density at radius 2 is 0.745 bits per heavy atom. The van der Waals surface area contributed by atoms with Crippen LogP contribution in [0.15, 0.2) is 72.9 Å². The molecule has 0 rings (SSSR count). The third-order valence-corrected chi connectivity index (χ3v) is 9.32. The monoisotopic (exact) mass is 767 g/mol. The van der Waals surface area contributed by atoms with E-state index in [2.05, 4.69) is 45.1 Å². The number of carbonyl (C=O) groups is 3. The topological polar surface area (TPSA) is 78.9 Å². The Labute approximate surface area is 338 Å². The Kier molecular flexibility index (Phi) is 41.1. The first-order valence-corrected chi connectivity index (χ1v) is 22.5. The van der Waals surface area contributed by atoms with Crippen LogP contribution in [0.4, 0.5) is 0 Å². The highest BCUT2D eigenvalue weighted by Gasteiger charge is 2.19. The summed E-state index contributed by atoms with van der Waals surface area (Å²) in [5, 5.41) is 0. The number of hydrogen-bond acceptors (Lipinski definition) is 6. The van der Waals surface area contributed by atoms with E-state index in [-0.39, 0.29) is 31.1 Å². The number of rotatable bonds is 39. The minimum atomic E-state index is -0.792. The minimum Gasteiger partial charge on any atom is -0.462 e. The first-order chi connectivity index (χ1) is 27.0. The van der Waals surface area contributed by atoms with Gasteiger partial charge in [-0.15, -0.1) is 0 Å². The smallest absolute Gasteiger partial charge is 0.306 e. The first kappa shape index (κ1) is 51.9. The van der Waals surface area contributed by atoms with Crippen LogP contribution in [0.25, 0.3) is 0 Å². The maximum atomic E-state index is 12.7. The van der Waals surface area contributed by atoms with Crippen molar-refractivity contribution < 1.29 is 28.6 Å². The van der Waals surface area contributed by atoms with Gasteiger partial charge in [-0.1, -0.05) is 196 Å². The summed E-state index contributed by atoms with van der Waals surface area (Å²) in [5.74, 6) is -0.952. The molecule has 0 saturated heterocycles. The maximum Gasteiger partial charge on any atom is 0.306 e. The molecule has 1 unspecified atom stereocenters. The van der Waals surface area contributed by atoms with Crippen LogP contribution < -0.4 is 0 Å². The highest BCUT2D eigenvalue weighted by molar-refractivity contribution is 5.71. The van der Waals surface area contributed by atoms with Gasteiger partial charge in [0.2, 0.25) is 0 Å². The van der Waals surface area contributed by atoms with E-state index in [1.807, 2.05) is 48.6 Å². The van der Waals surface area contributed by atoms with Crippen molar-refractivity contribution in [3.63, 3.8) is 0 Å². The molecule has 0 amide bonds. The van der Waals surface area contributed by atoms with Gasteiger partial charge in [-0.05, 0) is 57.8 Å². The summed E-state index contributed by atoms with van der Waals surface area (Å²) in [4.78, 5) is 37.7. The second-order valence-electron chi connectivity index (χ2n) is 14.7. The number of unbranched alkanes of at least 4 members (excludes halogenated alkanes) is 20. The van der Waals surface area contributed by atoms with Crippen molar-refractivity contribution in [3.8, 4) is 0 Å². The molecular formula is C49H82O6. The number of ether oxygens (including phenoxy) is 3. The van der Waals surface area contributed by atoms with Crippen LogP contribution in [0.1, 0.15) is 201 Å². The van der Waals surface area contributed by atoms with Crippen LogP contribution >= 0.6 is 0 Å². The second-order valence-corrected chi connectivity index (χ2v) is 14.7. The lowest BCUT2D eigenvalue weighted by Gasteiger charge is -2.18. The first-order valence-electron chi connectivity index (χ1n) is 22.5. The molecule has 6 nitrogen and oxygen atoms in total. The third kappa shape index (κ3) is 41.8.